The Bertz CT molecular complexity index is 292. The molecule has 0 aliphatic heterocycles. The summed E-state index contributed by atoms with van der Waals surface area (Å²) in [4.78, 5) is 4.14. The molecular formula is C10H15N3OS. The Hall–Kier alpha value is -1.20. The van der Waals surface area contributed by atoms with Gasteiger partial charge < -0.3 is 15.4 Å². The minimum atomic E-state index is 0.537. The number of ether oxygens (including phenoxy) is 1. The molecule has 1 heterocycles. The van der Waals surface area contributed by atoms with E-state index >= 15 is 0 Å². The summed E-state index contributed by atoms with van der Waals surface area (Å²) in [7, 11) is 1.78. The molecule has 0 spiro atoms. The monoisotopic (exact) mass is 225 g/mol. The molecule has 0 fully saturated rings. The SMILES string of the molecule is CNC(=S)NCCOCc1ccccn1. The second-order valence-corrected chi connectivity index (χ2v) is 3.29. The van der Waals surface area contributed by atoms with Gasteiger partial charge in [-0.15, -0.1) is 0 Å². The highest BCUT2D eigenvalue weighted by molar-refractivity contribution is 7.80. The lowest BCUT2D eigenvalue weighted by Gasteiger charge is -2.07. The van der Waals surface area contributed by atoms with Crippen LogP contribution < -0.4 is 10.6 Å². The normalized spacial score (nSPS) is 9.67. The Labute approximate surface area is 95.0 Å². The third kappa shape index (κ3) is 5.29. The van der Waals surface area contributed by atoms with E-state index < -0.39 is 0 Å². The predicted molar refractivity (Wildman–Crippen MR) is 63.6 cm³/mol. The summed E-state index contributed by atoms with van der Waals surface area (Å²) < 4.78 is 5.40. The maximum atomic E-state index is 5.40. The molecule has 1 aromatic heterocycles. The Morgan fingerprint density at radius 3 is 3.07 bits per heavy atom. The molecule has 0 radical (unpaired) electrons. The maximum absolute atomic E-state index is 5.40. The van der Waals surface area contributed by atoms with E-state index in [-0.39, 0.29) is 0 Å². The average molecular weight is 225 g/mol. The van der Waals surface area contributed by atoms with Gasteiger partial charge in [0, 0.05) is 19.8 Å². The Kier molecular flexibility index (Phi) is 5.65. The molecule has 4 nitrogen and oxygen atoms in total. The Morgan fingerprint density at radius 2 is 2.40 bits per heavy atom. The second kappa shape index (κ2) is 7.14. The number of thiocarbonyl (C=S) groups is 1. The van der Waals surface area contributed by atoms with Crippen molar-refractivity contribution in [1.82, 2.24) is 15.6 Å². The first-order chi connectivity index (χ1) is 7.33. The highest BCUT2D eigenvalue weighted by Gasteiger charge is 1.93. The van der Waals surface area contributed by atoms with Crippen LogP contribution in [0.3, 0.4) is 0 Å². The van der Waals surface area contributed by atoms with E-state index in [4.69, 9.17) is 17.0 Å². The molecule has 0 bridgehead atoms. The van der Waals surface area contributed by atoms with Crippen LogP contribution in [0.5, 0.6) is 0 Å². The van der Waals surface area contributed by atoms with Crippen LogP contribution in [0.15, 0.2) is 24.4 Å². The van der Waals surface area contributed by atoms with E-state index in [2.05, 4.69) is 15.6 Å². The van der Waals surface area contributed by atoms with Gasteiger partial charge in [-0.1, -0.05) is 6.07 Å². The topological polar surface area (TPSA) is 46.2 Å². The maximum Gasteiger partial charge on any atom is 0.166 e. The van der Waals surface area contributed by atoms with Crippen LogP contribution in [0.1, 0.15) is 5.69 Å². The largest absolute Gasteiger partial charge is 0.373 e. The fourth-order valence-electron chi connectivity index (χ4n) is 0.985. The molecule has 0 amide bonds. The molecule has 0 aromatic carbocycles. The minimum absolute atomic E-state index is 0.537. The van der Waals surface area contributed by atoms with Crippen molar-refractivity contribution in [3.63, 3.8) is 0 Å². The van der Waals surface area contributed by atoms with Gasteiger partial charge >= 0.3 is 0 Å². The van der Waals surface area contributed by atoms with Crippen molar-refractivity contribution in [2.75, 3.05) is 20.2 Å². The van der Waals surface area contributed by atoms with Crippen LogP contribution >= 0.6 is 12.2 Å². The first-order valence-corrected chi connectivity index (χ1v) is 5.17. The van der Waals surface area contributed by atoms with Gasteiger partial charge in [0.1, 0.15) is 0 Å². The molecule has 5 heteroatoms. The van der Waals surface area contributed by atoms with E-state index in [1.807, 2.05) is 18.2 Å². The van der Waals surface area contributed by atoms with Gasteiger partial charge in [0.15, 0.2) is 5.11 Å². The molecule has 0 aliphatic carbocycles. The lowest BCUT2D eigenvalue weighted by molar-refractivity contribution is 0.123. The number of pyridine rings is 1. The Morgan fingerprint density at radius 1 is 1.53 bits per heavy atom. The lowest BCUT2D eigenvalue weighted by atomic mass is 10.4. The van der Waals surface area contributed by atoms with Gasteiger partial charge in [-0.3, -0.25) is 4.98 Å². The van der Waals surface area contributed by atoms with E-state index in [9.17, 15) is 0 Å². The number of rotatable bonds is 5. The Balaban J connectivity index is 2.05. The summed E-state index contributed by atoms with van der Waals surface area (Å²) in [6, 6.07) is 5.77. The van der Waals surface area contributed by atoms with E-state index in [1.54, 1.807) is 13.2 Å². The lowest BCUT2D eigenvalue weighted by Crippen LogP contribution is -2.34. The predicted octanol–water partition coefficient (Wildman–Crippen LogP) is 0.692. The molecule has 0 unspecified atom stereocenters. The van der Waals surface area contributed by atoms with Crippen molar-refractivity contribution in [2.45, 2.75) is 6.61 Å². The van der Waals surface area contributed by atoms with Crippen LogP contribution in [-0.2, 0) is 11.3 Å². The molecule has 82 valence electrons. The highest BCUT2D eigenvalue weighted by Crippen LogP contribution is 1.94. The van der Waals surface area contributed by atoms with Crippen molar-refractivity contribution >= 4 is 17.3 Å². The first-order valence-electron chi connectivity index (χ1n) is 4.76. The van der Waals surface area contributed by atoms with Gasteiger partial charge in [-0.25, -0.2) is 0 Å². The van der Waals surface area contributed by atoms with Crippen LogP contribution in [0.2, 0.25) is 0 Å². The fourth-order valence-corrected chi connectivity index (χ4v) is 1.09. The molecular weight excluding hydrogens is 210 g/mol. The number of aromatic nitrogens is 1. The fraction of sp³-hybridized carbons (Fsp3) is 0.400. The second-order valence-electron chi connectivity index (χ2n) is 2.88. The molecule has 15 heavy (non-hydrogen) atoms. The quantitative estimate of drug-likeness (QED) is 0.570. The van der Waals surface area contributed by atoms with E-state index in [1.165, 1.54) is 0 Å². The molecule has 2 N–H and O–H groups in total. The van der Waals surface area contributed by atoms with Gasteiger partial charge in [0.2, 0.25) is 0 Å². The minimum Gasteiger partial charge on any atom is -0.373 e. The van der Waals surface area contributed by atoms with Crippen LogP contribution in [0, 0.1) is 0 Å². The van der Waals surface area contributed by atoms with Crippen molar-refractivity contribution in [3.8, 4) is 0 Å². The van der Waals surface area contributed by atoms with E-state index in [0.29, 0.717) is 24.9 Å². The summed E-state index contributed by atoms with van der Waals surface area (Å²) in [5, 5.41) is 6.46. The molecule has 1 rings (SSSR count). The van der Waals surface area contributed by atoms with Crippen molar-refractivity contribution in [3.05, 3.63) is 30.1 Å². The average Bonchev–Trinajstić information content (AvgIpc) is 2.29. The summed E-state index contributed by atoms with van der Waals surface area (Å²) in [6.07, 6.45) is 1.76. The van der Waals surface area contributed by atoms with Crippen LogP contribution in [-0.4, -0.2) is 30.3 Å². The highest BCUT2D eigenvalue weighted by atomic mass is 32.1. The standard InChI is InChI=1S/C10H15N3OS/c1-11-10(15)13-6-7-14-8-9-4-2-3-5-12-9/h2-5H,6-8H2,1H3,(H2,11,13,15). The summed E-state index contributed by atoms with van der Waals surface area (Å²) in [5.74, 6) is 0. The summed E-state index contributed by atoms with van der Waals surface area (Å²) in [5.41, 5.74) is 0.939. The molecule has 0 aliphatic rings. The summed E-state index contributed by atoms with van der Waals surface area (Å²) in [6.45, 7) is 1.85. The number of nitrogens with zero attached hydrogens (tertiary/aromatic N) is 1. The zero-order valence-electron chi connectivity index (χ0n) is 8.69. The number of nitrogens with one attached hydrogen (secondary N) is 2. The smallest absolute Gasteiger partial charge is 0.166 e. The molecule has 0 atom stereocenters. The zero-order chi connectivity index (χ0) is 10.9. The molecule has 0 saturated carbocycles. The molecule has 1 aromatic rings. The van der Waals surface area contributed by atoms with Gasteiger partial charge in [-0.2, -0.15) is 0 Å². The van der Waals surface area contributed by atoms with Gasteiger partial charge in [0.05, 0.1) is 18.9 Å². The third-order valence-corrected chi connectivity index (χ3v) is 2.08. The van der Waals surface area contributed by atoms with Crippen molar-refractivity contribution in [2.24, 2.45) is 0 Å². The third-order valence-electron chi connectivity index (χ3n) is 1.74. The first kappa shape index (κ1) is 11.9. The number of hydrogen-bond acceptors (Lipinski definition) is 3. The zero-order valence-corrected chi connectivity index (χ0v) is 9.51. The number of hydrogen-bond donors (Lipinski definition) is 2. The van der Waals surface area contributed by atoms with E-state index in [0.717, 1.165) is 5.69 Å². The summed E-state index contributed by atoms with van der Waals surface area (Å²) >= 11 is 4.91. The van der Waals surface area contributed by atoms with Gasteiger partial charge in [-0.05, 0) is 24.4 Å². The van der Waals surface area contributed by atoms with Crippen molar-refractivity contribution in [1.29, 1.82) is 0 Å². The molecule has 0 saturated heterocycles. The van der Waals surface area contributed by atoms with Gasteiger partial charge in [0.25, 0.3) is 0 Å². The van der Waals surface area contributed by atoms with Crippen LogP contribution in [0.4, 0.5) is 0 Å². The van der Waals surface area contributed by atoms with Crippen LogP contribution in [0.25, 0.3) is 0 Å². The van der Waals surface area contributed by atoms with Crippen molar-refractivity contribution < 1.29 is 4.74 Å².